The fourth-order valence-electron chi connectivity index (χ4n) is 1.72. The molecule has 1 rings (SSSR count). The molecule has 1 aromatic carbocycles. The summed E-state index contributed by atoms with van der Waals surface area (Å²) >= 11 is 5.83. The second-order valence-corrected chi connectivity index (χ2v) is 5.87. The van der Waals surface area contributed by atoms with E-state index < -0.39 is 11.6 Å². The van der Waals surface area contributed by atoms with Crippen LogP contribution in [0.2, 0.25) is 5.02 Å². The molecule has 0 saturated carbocycles. The Kier molecular flexibility index (Phi) is 5.80. The number of halogens is 1. The second kappa shape index (κ2) is 7.14. The van der Waals surface area contributed by atoms with Crippen molar-refractivity contribution in [3.8, 4) is 18.1 Å². The number of hydrogen-bond acceptors (Lipinski definition) is 3. The molecule has 0 radical (unpaired) electrons. The van der Waals surface area contributed by atoms with Gasteiger partial charge in [-0.3, -0.25) is 4.79 Å². The molecule has 0 bridgehead atoms. The Hall–Kier alpha value is -1.99. The number of terminal acetylenes is 1. The quantitative estimate of drug-likeness (QED) is 0.796. The molecule has 1 aromatic rings. The van der Waals surface area contributed by atoms with Crippen LogP contribution in [0.5, 0.6) is 5.75 Å². The summed E-state index contributed by atoms with van der Waals surface area (Å²) < 4.78 is 5.22. The molecular weight excluding hydrogens is 290 g/mol. The number of imide groups is 1. The average Bonchev–Trinajstić information content (AvgIpc) is 2.34. The zero-order chi connectivity index (χ0) is 16.0. The number of benzene rings is 1. The van der Waals surface area contributed by atoms with Crippen LogP contribution < -0.4 is 4.74 Å². The number of carbonyl (C=O) groups is 2. The molecule has 5 heteroatoms. The molecule has 0 saturated heterocycles. The third-order valence-electron chi connectivity index (χ3n) is 2.59. The predicted octanol–water partition coefficient (Wildman–Crippen LogP) is 3.88. The van der Waals surface area contributed by atoms with Gasteiger partial charge in [0.05, 0.1) is 0 Å². The van der Waals surface area contributed by atoms with E-state index in [4.69, 9.17) is 22.8 Å². The first-order chi connectivity index (χ1) is 9.75. The zero-order valence-corrected chi connectivity index (χ0v) is 13.1. The fourth-order valence-corrected chi connectivity index (χ4v) is 1.90. The molecule has 2 amide bonds. The van der Waals surface area contributed by atoms with E-state index in [1.165, 1.54) is 6.07 Å². The molecular formula is C16H18ClNO3. The summed E-state index contributed by atoms with van der Waals surface area (Å²) in [5.74, 6) is 2.30. The van der Waals surface area contributed by atoms with Gasteiger partial charge in [0.2, 0.25) is 5.91 Å². The maximum absolute atomic E-state index is 12.3. The van der Waals surface area contributed by atoms with Gasteiger partial charge < -0.3 is 4.74 Å². The van der Waals surface area contributed by atoms with Gasteiger partial charge in [-0.05, 0) is 39.0 Å². The molecule has 0 aromatic heterocycles. The van der Waals surface area contributed by atoms with Crippen LogP contribution in [0.25, 0.3) is 0 Å². The normalized spacial score (nSPS) is 10.6. The highest BCUT2D eigenvalue weighted by molar-refractivity contribution is 6.30. The highest BCUT2D eigenvalue weighted by atomic mass is 35.5. The number of rotatable bonds is 3. The van der Waals surface area contributed by atoms with Gasteiger partial charge in [-0.1, -0.05) is 17.7 Å². The van der Waals surface area contributed by atoms with Crippen molar-refractivity contribution in [1.29, 1.82) is 0 Å². The lowest BCUT2D eigenvalue weighted by molar-refractivity contribution is -0.132. The second-order valence-electron chi connectivity index (χ2n) is 5.43. The Balaban J connectivity index is 2.91. The molecule has 112 valence electrons. The molecule has 0 unspecified atom stereocenters. The lowest BCUT2D eigenvalue weighted by atomic mass is 10.1. The van der Waals surface area contributed by atoms with Gasteiger partial charge in [-0.25, -0.2) is 9.69 Å². The number of carbonyl (C=O) groups excluding carboxylic acids is 2. The van der Waals surface area contributed by atoms with Crippen LogP contribution >= 0.6 is 11.6 Å². The van der Waals surface area contributed by atoms with Gasteiger partial charge in [0.15, 0.2) is 0 Å². The van der Waals surface area contributed by atoms with Gasteiger partial charge in [0, 0.05) is 23.4 Å². The van der Waals surface area contributed by atoms with Gasteiger partial charge in [0.1, 0.15) is 5.75 Å². The monoisotopic (exact) mass is 307 g/mol. The Morgan fingerprint density at radius 3 is 2.57 bits per heavy atom. The fraction of sp³-hybridized carbons (Fsp3) is 0.375. The lowest BCUT2D eigenvalue weighted by Gasteiger charge is -2.32. The van der Waals surface area contributed by atoms with Crippen LogP contribution in [-0.2, 0) is 4.79 Å². The zero-order valence-electron chi connectivity index (χ0n) is 12.4. The van der Waals surface area contributed by atoms with Crippen LogP contribution in [0.15, 0.2) is 24.3 Å². The maximum atomic E-state index is 12.3. The van der Waals surface area contributed by atoms with Crippen molar-refractivity contribution in [3.63, 3.8) is 0 Å². The van der Waals surface area contributed by atoms with Gasteiger partial charge in [0.25, 0.3) is 0 Å². The number of nitrogens with zero attached hydrogens (tertiary/aromatic N) is 1. The minimum atomic E-state index is -0.744. The number of amides is 2. The van der Waals surface area contributed by atoms with E-state index in [1.807, 2.05) is 0 Å². The topological polar surface area (TPSA) is 46.6 Å². The molecule has 0 aliphatic carbocycles. The van der Waals surface area contributed by atoms with E-state index in [9.17, 15) is 9.59 Å². The number of hydrogen-bond donors (Lipinski definition) is 0. The smallest absolute Gasteiger partial charge is 0.410 e. The van der Waals surface area contributed by atoms with Gasteiger partial charge in [-0.2, -0.15) is 0 Å². The van der Waals surface area contributed by atoms with Crippen LogP contribution in [-0.4, -0.2) is 22.4 Å². The Bertz CT molecular complexity index is 570. The molecule has 0 spiro atoms. The summed E-state index contributed by atoms with van der Waals surface area (Å²) in [5, 5.41) is 0.446. The Morgan fingerprint density at radius 1 is 1.38 bits per heavy atom. The first-order valence-corrected chi connectivity index (χ1v) is 6.87. The molecule has 21 heavy (non-hydrogen) atoms. The summed E-state index contributed by atoms with van der Waals surface area (Å²) in [6.07, 6.45) is 4.78. The van der Waals surface area contributed by atoms with E-state index in [2.05, 4.69) is 5.92 Å². The maximum Gasteiger partial charge on any atom is 0.422 e. The SMILES string of the molecule is C#CCCC(=O)N(C(=O)Oc1cccc(Cl)c1)C(C)(C)C. The van der Waals surface area contributed by atoms with E-state index in [-0.39, 0.29) is 24.5 Å². The Labute approximate surface area is 130 Å². The van der Waals surface area contributed by atoms with Crippen LogP contribution in [0.4, 0.5) is 4.79 Å². The average molecular weight is 308 g/mol. The van der Waals surface area contributed by atoms with E-state index >= 15 is 0 Å². The van der Waals surface area contributed by atoms with Crippen molar-refractivity contribution in [2.24, 2.45) is 0 Å². The predicted molar refractivity (Wildman–Crippen MR) is 82.1 cm³/mol. The largest absolute Gasteiger partial charge is 0.422 e. The summed E-state index contributed by atoms with van der Waals surface area (Å²) in [6.45, 7) is 5.25. The van der Waals surface area contributed by atoms with Crippen molar-refractivity contribution in [2.75, 3.05) is 0 Å². The third-order valence-corrected chi connectivity index (χ3v) is 2.82. The molecule has 0 heterocycles. The molecule has 0 fully saturated rings. The van der Waals surface area contributed by atoms with Gasteiger partial charge >= 0.3 is 6.09 Å². The van der Waals surface area contributed by atoms with Crippen molar-refractivity contribution >= 4 is 23.6 Å². The molecule has 0 N–H and O–H groups in total. The van der Waals surface area contributed by atoms with Gasteiger partial charge in [-0.15, -0.1) is 12.3 Å². The van der Waals surface area contributed by atoms with Crippen molar-refractivity contribution in [3.05, 3.63) is 29.3 Å². The minimum Gasteiger partial charge on any atom is -0.410 e. The van der Waals surface area contributed by atoms with Crippen LogP contribution in [0, 0.1) is 12.3 Å². The lowest BCUT2D eigenvalue weighted by Crippen LogP contribution is -2.50. The highest BCUT2D eigenvalue weighted by Gasteiger charge is 2.33. The van der Waals surface area contributed by atoms with Crippen molar-refractivity contribution in [1.82, 2.24) is 4.90 Å². The summed E-state index contributed by atoms with van der Waals surface area (Å²) in [7, 11) is 0. The van der Waals surface area contributed by atoms with Crippen molar-refractivity contribution in [2.45, 2.75) is 39.2 Å². The summed E-state index contributed by atoms with van der Waals surface area (Å²) in [5.41, 5.74) is -0.707. The molecule has 0 aliphatic rings. The molecule has 4 nitrogen and oxygen atoms in total. The first kappa shape index (κ1) is 17.1. The van der Waals surface area contributed by atoms with E-state index in [0.29, 0.717) is 5.02 Å². The highest BCUT2D eigenvalue weighted by Crippen LogP contribution is 2.21. The summed E-state index contributed by atoms with van der Waals surface area (Å²) in [6, 6.07) is 6.42. The number of ether oxygens (including phenoxy) is 1. The molecule has 0 aliphatic heterocycles. The van der Waals surface area contributed by atoms with Crippen LogP contribution in [0.3, 0.4) is 0 Å². The third kappa shape index (κ3) is 5.13. The van der Waals surface area contributed by atoms with Crippen molar-refractivity contribution < 1.29 is 14.3 Å². The Morgan fingerprint density at radius 2 is 2.05 bits per heavy atom. The molecule has 0 atom stereocenters. The minimum absolute atomic E-state index is 0.0957. The van der Waals surface area contributed by atoms with E-state index in [1.54, 1.807) is 39.0 Å². The van der Waals surface area contributed by atoms with E-state index in [0.717, 1.165) is 4.90 Å². The first-order valence-electron chi connectivity index (χ1n) is 6.49. The standard InChI is InChI=1S/C16H18ClNO3/c1-5-6-10-14(19)18(16(2,3)4)15(20)21-13-9-7-8-12(17)11-13/h1,7-9,11H,6,10H2,2-4H3. The summed E-state index contributed by atoms with van der Waals surface area (Å²) in [4.78, 5) is 25.5. The van der Waals surface area contributed by atoms with Crippen LogP contribution in [0.1, 0.15) is 33.6 Å².